The topological polar surface area (TPSA) is 105 Å². The van der Waals surface area contributed by atoms with E-state index in [4.69, 9.17) is 9.05 Å². The maximum Gasteiger partial charge on any atom is 0.472 e. The van der Waals surface area contributed by atoms with Gasteiger partial charge in [-0.15, -0.1) is 0 Å². The van der Waals surface area contributed by atoms with E-state index in [0.717, 1.165) is 51.4 Å². The quantitative estimate of drug-likeness (QED) is 0.0272. The molecule has 0 saturated carbocycles. The molecule has 3 N–H and O–H groups in total. The van der Waals surface area contributed by atoms with Crippen LogP contribution >= 0.6 is 7.82 Å². The van der Waals surface area contributed by atoms with Crippen LogP contribution < -0.4 is 5.32 Å². The van der Waals surface area contributed by atoms with E-state index in [1.165, 1.54) is 89.9 Å². The minimum Gasteiger partial charge on any atom is -0.391 e. The van der Waals surface area contributed by atoms with Crippen LogP contribution in [0.4, 0.5) is 0 Å². The number of likely N-dealkylation sites (N-methyl/N-ethyl adjacent to an activating group) is 1. The Kier molecular flexibility index (Phi) is 29.8. The summed E-state index contributed by atoms with van der Waals surface area (Å²) >= 11 is 0. The van der Waals surface area contributed by atoms with Crippen molar-refractivity contribution in [2.45, 2.75) is 180 Å². The number of quaternary nitrogens is 1. The molecule has 9 heteroatoms. The average molecular weight is 676 g/mol. The SMILES string of the molecule is CCCCCCCC/C=C\CCCCCC(=O)NC(COP(=O)(O)OCC[N+](C)(C)C)C(O)CCCCCCCCCCCCC. The third kappa shape index (κ3) is 31.8. The molecule has 0 aromatic carbocycles. The van der Waals surface area contributed by atoms with Gasteiger partial charge >= 0.3 is 7.82 Å². The van der Waals surface area contributed by atoms with Crippen molar-refractivity contribution in [3.63, 3.8) is 0 Å². The lowest BCUT2D eigenvalue weighted by molar-refractivity contribution is -0.870. The molecule has 0 saturated heterocycles. The van der Waals surface area contributed by atoms with Crippen molar-refractivity contribution in [2.75, 3.05) is 40.9 Å². The molecule has 0 aliphatic carbocycles. The number of hydrogen-bond donors (Lipinski definition) is 3. The standard InChI is InChI=1S/C37H75N2O6P/c1-6-8-10-12-14-16-18-19-21-23-25-27-29-31-37(41)38-35(34-45-46(42,43)44-33-32-39(3,4)5)36(40)30-28-26-24-22-20-17-15-13-11-9-7-2/h19,21,35-36,40H,6-18,20,22-34H2,1-5H3,(H-,38,41,42,43)/p+1/b21-19-. The predicted molar refractivity (Wildman–Crippen MR) is 194 cm³/mol. The first-order valence-electron chi connectivity index (χ1n) is 19.1. The van der Waals surface area contributed by atoms with Crippen LogP contribution in [0.25, 0.3) is 0 Å². The largest absolute Gasteiger partial charge is 0.472 e. The highest BCUT2D eigenvalue weighted by Crippen LogP contribution is 2.43. The molecule has 1 amide bonds. The summed E-state index contributed by atoms with van der Waals surface area (Å²) < 4.78 is 23.5. The van der Waals surface area contributed by atoms with Gasteiger partial charge in [-0.3, -0.25) is 13.8 Å². The normalized spacial score (nSPS) is 14.8. The number of unbranched alkanes of at least 4 members (excludes halogenated alkanes) is 19. The lowest BCUT2D eigenvalue weighted by atomic mass is 10.0. The highest BCUT2D eigenvalue weighted by Gasteiger charge is 2.28. The van der Waals surface area contributed by atoms with Crippen molar-refractivity contribution in [3.8, 4) is 0 Å². The van der Waals surface area contributed by atoms with Crippen LogP contribution in [0.3, 0.4) is 0 Å². The summed E-state index contributed by atoms with van der Waals surface area (Å²) in [7, 11) is 1.61. The third-order valence-electron chi connectivity index (χ3n) is 8.51. The number of amides is 1. The van der Waals surface area contributed by atoms with Gasteiger partial charge in [0.2, 0.25) is 5.91 Å². The van der Waals surface area contributed by atoms with E-state index in [1.807, 2.05) is 21.1 Å². The first-order valence-corrected chi connectivity index (χ1v) is 20.5. The van der Waals surface area contributed by atoms with Crippen molar-refractivity contribution < 1.29 is 32.9 Å². The lowest BCUT2D eigenvalue weighted by Crippen LogP contribution is -2.46. The summed E-state index contributed by atoms with van der Waals surface area (Å²) in [5, 5.41) is 13.8. The molecule has 0 heterocycles. The van der Waals surface area contributed by atoms with Crippen molar-refractivity contribution >= 4 is 13.7 Å². The lowest BCUT2D eigenvalue weighted by Gasteiger charge is -2.26. The summed E-state index contributed by atoms with van der Waals surface area (Å²) in [5.41, 5.74) is 0. The number of nitrogens with one attached hydrogen (secondary N) is 1. The fourth-order valence-corrected chi connectivity index (χ4v) is 6.13. The van der Waals surface area contributed by atoms with Crippen LogP contribution in [0.5, 0.6) is 0 Å². The number of nitrogens with zero attached hydrogens (tertiary/aromatic N) is 1. The van der Waals surface area contributed by atoms with Gasteiger partial charge in [0.15, 0.2) is 0 Å². The Hall–Kier alpha value is -0.760. The van der Waals surface area contributed by atoms with Gasteiger partial charge in [0.25, 0.3) is 0 Å². The number of phosphoric acid groups is 1. The summed E-state index contributed by atoms with van der Waals surface area (Å²) in [6, 6.07) is -0.761. The molecule has 0 aromatic heterocycles. The highest BCUT2D eigenvalue weighted by atomic mass is 31.2. The molecule has 0 fully saturated rings. The average Bonchev–Trinajstić information content (AvgIpc) is 2.99. The van der Waals surface area contributed by atoms with Gasteiger partial charge in [0.05, 0.1) is 39.9 Å². The van der Waals surface area contributed by atoms with Crippen molar-refractivity contribution in [1.82, 2.24) is 5.32 Å². The molecule has 0 aromatic rings. The Bertz CT molecular complexity index is 773. The number of aliphatic hydroxyl groups excluding tert-OH is 1. The Balaban J connectivity index is 4.50. The first kappa shape index (κ1) is 45.2. The molecule has 274 valence electrons. The highest BCUT2D eigenvalue weighted by molar-refractivity contribution is 7.47. The number of phosphoric ester groups is 1. The van der Waals surface area contributed by atoms with Gasteiger partial charge in [-0.1, -0.05) is 135 Å². The van der Waals surface area contributed by atoms with Crippen LogP contribution in [0, 0.1) is 0 Å². The number of hydrogen-bond acceptors (Lipinski definition) is 5. The molecule has 3 unspecified atom stereocenters. The van der Waals surface area contributed by atoms with Crippen LogP contribution in [0.1, 0.15) is 168 Å². The molecule has 46 heavy (non-hydrogen) atoms. The molecule has 0 radical (unpaired) electrons. The number of allylic oxidation sites excluding steroid dienone is 2. The Morgan fingerprint density at radius 3 is 1.67 bits per heavy atom. The van der Waals surface area contributed by atoms with Crippen molar-refractivity contribution in [2.24, 2.45) is 0 Å². The number of aliphatic hydroxyl groups is 1. The minimum atomic E-state index is -4.30. The molecular formula is C37H76N2O6P+. The Morgan fingerprint density at radius 2 is 1.17 bits per heavy atom. The van der Waals surface area contributed by atoms with Crippen molar-refractivity contribution in [3.05, 3.63) is 12.2 Å². The smallest absolute Gasteiger partial charge is 0.391 e. The summed E-state index contributed by atoms with van der Waals surface area (Å²) in [6.07, 6.45) is 30.9. The molecule has 0 aliphatic heterocycles. The van der Waals surface area contributed by atoms with Gasteiger partial charge in [-0.25, -0.2) is 4.57 Å². The molecule has 0 spiro atoms. The number of carbonyl (C=O) groups excluding carboxylic acids is 1. The van der Waals surface area contributed by atoms with E-state index in [2.05, 4.69) is 31.3 Å². The second-order valence-electron chi connectivity index (χ2n) is 14.3. The van der Waals surface area contributed by atoms with E-state index in [0.29, 0.717) is 23.9 Å². The van der Waals surface area contributed by atoms with E-state index in [-0.39, 0.29) is 19.1 Å². The molecule has 0 rings (SSSR count). The van der Waals surface area contributed by atoms with E-state index in [1.54, 1.807) is 0 Å². The zero-order chi connectivity index (χ0) is 34.4. The van der Waals surface area contributed by atoms with Crippen LogP contribution in [-0.4, -0.2) is 73.4 Å². The minimum absolute atomic E-state index is 0.0732. The first-order chi connectivity index (χ1) is 22.0. The molecule has 3 atom stereocenters. The van der Waals surface area contributed by atoms with E-state index >= 15 is 0 Å². The molecule has 8 nitrogen and oxygen atoms in total. The van der Waals surface area contributed by atoms with Crippen LogP contribution in [-0.2, 0) is 18.4 Å². The number of carbonyl (C=O) groups is 1. The number of rotatable bonds is 34. The fraction of sp³-hybridized carbons (Fsp3) is 0.919. The molecule has 0 bridgehead atoms. The van der Waals surface area contributed by atoms with Gasteiger partial charge in [-0.2, -0.15) is 0 Å². The van der Waals surface area contributed by atoms with Gasteiger partial charge in [0, 0.05) is 6.42 Å². The molecule has 0 aliphatic rings. The van der Waals surface area contributed by atoms with Crippen LogP contribution in [0.2, 0.25) is 0 Å². The second-order valence-corrected chi connectivity index (χ2v) is 15.8. The molecular weight excluding hydrogens is 599 g/mol. The Morgan fingerprint density at radius 1 is 0.717 bits per heavy atom. The maximum atomic E-state index is 12.8. The second kappa shape index (κ2) is 30.3. The summed E-state index contributed by atoms with van der Waals surface area (Å²) in [6.45, 7) is 4.84. The summed E-state index contributed by atoms with van der Waals surface area (Å²) in [5.74, 6) is -0.163. The van der Waals surface area contributed by atoms with Crippen molar-refractivity contribution in [1.29, 1.82) is 0 Å². The van der Waals surface area contributed by atoms with Gasteiger partial charge in [-0.05, 0) is 38.5 Å². The third-order valence-corrected chi connectivity index (χ3v) is 9.50. The zero-order valence-corrected chi connectivity index (χ0v) is 31.7. The zero-order valence-electron chi connectivity index (χ0n) is 30.8. The van der Waals surface area contributed by atoms with Crippen LogP contribution in [0.15, 0.2) is 12.2 Å². The monoisotopic (exact) mass is 676 g/mol. The Labute approximate surface area is 284 Å². The van der Waals surface area contributed by atoms with E-state index < -0.39 is 20.0 Å². The van der Waals surface area contributed by atoms with Gasteiger partial charge in [0.1, 0.15) is 13.2 Å². The summed E-state index contributed by atoms with van der Waals surface area (Å²) in [4.78, 5) is 23.0. The van der Waals surface area contributed by atoms with E-state index in [9.17, 15) is 19.4 Å². The maximum absolute atomic E-state index is 12.8. The predicted octanol–water partition coefficient (Wildman–Crippen LogP) is 9.63. The fourth-order valence-electron chi connectivity index (χ4n) is 5.39. The van der Waals surface area contributed by atoms with Gasteiger partial charge < -0.3 is 19.8 Å².